The predicted molar refractivity (Wildman–Crippen MR) is 105 cm³/mol. The van der Waals surface area contributed by atoms with Crippen molar-refractivity contribution in [3.63, 3.8) is 0 Å². The first-order valence-corrected chi connectivity index (χ1v) is 9.29. The summed E-state index contributed by atoms with van der Waals surface area (Å²) >= 11 is 0. The normalized spacial score (nSPS) is 15.5. The Morgan fingerprint density at radius 3 is 2.63 bits per heavy atom. The Bertz CT molecular complexity index is 931. The first-order valence-electron chi connectivity index (χ1n) is 9.29. The van der Waals surface area contributed by atoms with Crippen molar-refractivity contribution < 1.29 is 33.3 Å². The van der Waals surface area contributed by atoms with E-state index < -0.39 is 36.6 Å². The molecule has 2 aromatic rings. The van der Waals surface area contributed by atoms with E-state index in [9.17, 15) is 14.4 Å². The van der Waals surface area contributed by atoms with Gasteiger partial charge in [0.05, 0.1) is 0 Å². The number of fused-ring (bicyclic) bond motifs is 1. The maximum atomic E-state index is 12.1. The van der Waals surface area contributed by atoms with Gasteiger partial charge in [-0.3, -0.25) is 20.4 Å². The van der Waals surface area contributed by atoms with Crippen molar-refractivity contribution in [3.05, 3.63) is 54.1 Å². The van der Waals surface area contributed by atoms with Gasteiger partial charge in [0.25, 0.3) is 11.8 Å². The van der Waals surface area contributed by atoms with Crippen LogP contribution in [0.1, 0.15) is 12.5 Å². The lowest BCUT2D eigenvalue weighted by atomic mass is 10.2. The third-order valence-corrected chi connectivity index (χ3v) is 4.11. The highest BCUT2D eigenvalue weighted by atomic mass is 16.6. The van der Waals surface area contributed by atoms with E-state index in [1.165, 1.54) is 6.92 Å². The number of esters is 1. The molecular weight excluding hydrogens is 392 g/mol. The van der Waals surface area contributed by atoms with Crippen molar-refractivity contribution in [2.45, 2.75) is 26.1 Å². The van der Waals surface area contributed by atoms with Crippen LogP contribution < -0.4 is 25.1 Å². The Hall–Kier alpha value is -3.75. The molecule has 0 spiro atoms. The molecule has 9 nitrogen and oxygen atoms in total. The zero-order valence-corrected chi connectivity index (χ0v) is 16.5. The highest BCUT2D eigenvalue weighted by Crippen LogP contribution is 2.30. The number of rotatable bonds is 6. The first kappa shape index (κ1) is 21.0. The van der Waals surface area contributed by atoms with Crippen molar-refractivity contribution in [1.82, 2.24) is 10.9 Å². The van der Waals surface area contributed by atoms with Crippen LogP contribution >= 0.6 is 0 Å². The number of carbonyl (C=O) groups excluding carboxylic acids is 3. The highest BCUT2D eigenvalue weighted by molar-refractivity contribution is 5.86. The lowest BCUT2D eigenvalue weighted by Gasteiger charge is -2.25. The fourth-order valence-electron chi connectivity index (χ4n) is 2.59. The molecule has 9 heteroatoms. The van der Waals surface area contributed by atoms with Crippen LogP contribution in [0.25, 0.3) is 0 Å². The van der Waals surface area contributed by atoms with E-state index in [-0.39, 0.29) is 6.61 Å². The molecule has 0 saturated carbocycles. The smallest absolute Gasteiger partial charge is 0.347 e. The Labute approximate surface area is 173 Å². The molecule has 0 aliphatic carbocycles. The van der Waals surface area contributed by atoms with Gasteiger partial charge in [0.15, 0.2) is 24.2 Å². The molecule has 2 N–H and O–H groups in total. The zero-order valence-electron chi connectivity index (χ0n) is 16.5. The number of benzene rings is 2. The number of hydrazine groups is 1. The molecule has 2 aromatic carbocycles. The largest absolute Gasteiger partial charge is 0.485 e. The summed E-state index contributed by atoms with van der Waals surface area (Å²) in [4.78, 5) is 36.0. The van der Waals surface area contributed by atoms with Gasteiger partial charge in [-0.15, -0.1) is 0 Å². The molecule has 2 amide bonds. The van der Waals surface area contributed by atoms with Crippen LogP contribution in [0.3, 0.4) is 0 Å². The topological polar surface area (TPSA) is 112 Å². The minimum absolute atomic E-state index is 0.00150. The van der Waals surface area contributed by atoms with E-state index in [0.29, 0.717) is 17.2 Å². The molecule has 0 aromatic heterocycles. The number of carbonyl (C=O) groups is 3. The van der Waals surface area contributed by atoms with Gasteiger partial charge in [-0.2, -0.15) is 0 Å². The van der Waals surface area contributed by atoms with Crippen molar-refractivity contribution in [2.75, 3.05) is 13.2 Å². The van der Waals surface area contributed by atoms with Crippen LogP contribution in [-0.2, 0) is 19.1 Å². The van der Waals surface area contributed by atoms with Gasteiger partial charge in [0.2, 0.25) is 6.10 Å². The second kappa shape index (κ2) is 9.64. The number of hydrogen-bond donors (Lipinski definition) is 2. The standard InChI is InChI=1S/C21H22N2O7/c1-13-6-5-7-15(10-13)29-14(2)21(26)28-12-19(24)22-23-20(25)18-11-27-16-8-3-4-9-17(16)30-18/h3-10,14,18H,11-12H2,1-2H3,(H,22,24)(H,23,25)/t14-,18+/m1/s1. The van der Waals surface area contributed by atoms with Gasteiger partial charge >= 0.3 is 5.97 Å². The monoisotopic (exact) mass is 414 g/mol. The first-order chi connectivity index (χ1) is 14.4. The van der Waals surface area contributed by atoms with Crippen LogP contribution in [-0.4, -0.2) is 43.2 Å². The summed E-state index contributed by atoms with van der Waals surface area (Å²) < 4.78 is 21.4. The second-order valence-electron chi connectivity index (χ2n) is 6.59. The number of aryl methyl sites for hydroxylation is 1. The van der Waals surface area contributed by atoms with Crippen molar-refractivity contribution >= 4 is 17.8 Å². The Morgan fingerprint density at radius 2 is 1.87 bits per heavy atom. The number of nitrogens with one attached hydrogen (secondary N) is 2. The average molecular weight is 414 g/mol. The maximum Gasteiger partial charge on any atom is 0.347 e. The van der Waals surface area contributed by atoms with Crippen LogP contribution in [0.4, 0.5) is 0 Å². The Balaban J connectivity index is 1.38. The van der Waals surface area contributed by atoms with Crippen LogP contribution in [0.2, 0.25) is 0 Å². The molecular formula is C21H22N2O7. The number of para-hydroxylation sites is 2. The van der Waals surface area contributed by atoms with E-state index in [1.807, 2.05) is 13.0 Å². The molecule has 1 heterocycles. The quantitative estimate of drug-likeness (QED) is 0.541. The van der Waals surface area contributed by atoms with Crippen molar-refractivity contribution in [3.8, 4) is 17.2 Å². The van der Waals surface area contributed by atoms with Crippen LogP contribution in [0, 0.1) is 6.92 Å². The van der Waals surface area contributed by atoms with Gasteiger partial charge in [0.1, 0.15) is 12.4 Å². The minimum Gasteiger partial charge on any atom is -0.485 e. The predicted octanol–water partition coefficient (Wildman–Crippen LogP) is 1.29. The van der Waals surface area contributed by atoms with Gasteiger partial charge in [-0.25, -0.2) is 4.79 Å². The third kappa shape index (κ3) is 5.63. The van der Waals surface area contributed by atoms with E-state index >= 15 is 0 Å². The molecule has 1 aliphatic rings. The minimum atomic E-state index is -0.925. The second-order valence-corrected chi connectivity index (χ2v) is 6.59. The molecule has 2 atom stereocenters. The highest BCUT2D eigenvalue weighted by Gasteiger charge is 2.27. The summed E-state index contributed by atoms with van der Waals surface area (Å²) in [7, 11) is 0. The van der Waals surface area contributed by atoms with Gasteiger partial charge in [-0.1, -0.05) is 24.3 Å². The van der Waals surface area contributed by atoms with E-state index in [4.69, 9.17) is 18.9 Å². The van der Waals surface area contributed by atoms with Crippen LogP contribution in [0.15, 0.2) is 48.5 Å². The maximum absolute atomic E-state index is 12.1. The molecule has 0 unspecified atom stereocenters. The van der Waals surface area contributed by atoms with Crippen molar-refractivity contribution in [2.24, 2.45) is 0 Å². The Morgan fingerprint density at radius 1 is 1.10 bits per heavy atom. The summed E-state index contributed by atoms with van der Waals surface area (Å²) in [5.41, 5.74) is 5.36. The van der Waals surface area contributed by atoms with Crippen molar-refractivity contribution in [1.29, 1.82) is 0 Å². The third-order valence-electron chi connectivity index (χ3n) is 4.11. The van der Waals surface area contributed by atoms with Crippen LogP contribution in [0.5, 0.6) is 17.2 Å². The van der Waals surface area contributed by atoms with Gasteiger partial charge in [0, 0.05) is 0 Å². The lowest BCUT2D eigenvalue weighted by molar-refractivity contribution is -0.155. The molecule has 0 saturated heterocycles. The average Bonchev–Trinajstić information content (AvgIpc) is 2.75. The van der Waals surface area contributed by atoms with Gasteiger partial charge < -0.3 is 18.9 Å². The fourth-order valence-corrected chi connectivity index (χ4v) is 2.59. The van der Waals surface area contributed by atoms with E-state index in [2.05, 4.69) is 10.9 Å². The fraction of sp³-hybridized carbons (Fsp3) is 0.286. The number of hydrogen-bond acceptors (Lipinski definition) is 7. The Kier molecular flexibility index (Phi) is 6.74. The molecule has 0 radical (unpaired) electrons. The number of ether oxygens (including phenoxy) is 4. The van der Waals surface area contributed by atoms with Gasteiger partial charge in [-0.05, 0) is 43.7 Å². The van der Waals surface area contributed by atoms with E-state index in [1.54, 1.807) is 42.5 Å². The lowest BCUT2D eigenvalue weighted by Crippen LogP contribution is -2.51. The molecule has 0 fully saturated rings. The SMILES string of the molecule is Cc1cccc(O[C@H](C)C(=O)OCC(=O)NNC(=O)[C@@H]2COc3ccccc3O2)c1. The summed E-state index contributed by atoms with van der Waals surface area (Å²) in [5, 5.41) is 0. The number of amides is 2. The summed E-state index contributed by atoms with van der Waals surface area (Å²) in [6.45, 7) is 2.84. The van der Waals surface area contributed by atoms with E-state index in [0.717, 1.165) is 5.56 Å². The molecule has 30 heavy (non-hydrogen) atoms. The summed E-state index contributed by atoms with van der Waals surface area (Å²) in [6, 6.07) is 14.1. The molecule has 158 valence electrons. The molecule has 1 aliphatic heterocycles. The zero-order chi connectivity index (χ0) is 21.5. The summed E-state index contributed by atoms with van der Waals surface area (Å²) in [5.74, 6) is -0.519. The summed E-state index contributed by atoms with van der Waals surface area (Å²) in [6.07, 6.45) is -1.83. The molecule has 3 rings (SSSR count). The molecule has 0 bridgehead atoms.